The van der Waals surface area contributed by atoms with Crippen molar-refractivity contribution in [1.82, 2.24) is 0 Å². The molecule has 6 unspecified atom stereocenters. The largest absolute Gasteiger partial charge is 0.385 e. The molecule has 27 heavy (non-hydrogen) atoms. The molecule has 0 aromatic rings. The molecule has 0 amide bonds. The van der Waals surface area contributed by atoms with E-state index in [9.17, 15) is 0 Å². The summed E-state index contributed by atoms with van der Waals surface area (Å²) in [6.45, 7) is 8.65. The van der Waals surface area contributed by atoms with Gasteiger partial charge in [0.15, 0.2) is 0 Å². The van der Waals surface area contributed by atoms with Gasteiger partial charge in [0.05, 0.1) is 0 Å². The quantitative estimate of drug-likeness (QED) is 0.582. The van der Waals surface area contributed by atoms with Crippen molar-refractivity contribution in [2.75, 3.05) is 13.7 Å². The summed E-state index contributed by atoms with van der Waals surface area (Å²) in [5.41, 5.74) is 8.42. The zero-order chi connectivity index (χ0) is 19.3. The molecule has 0 heterocycles. The zero-order valence-electron chi connectivity index (χ0n) is 18.6. The maximum atomic E-state index is 7.32. The normalized spacial score (nSPS) is 52.1. The van der Waals surface area contributed by atoms with Crippen molar-refractivity contribution in [3.63, 3.8) is 0 Å². The second-order valence-corrected chi connectivity index (χ2v) is 11.3. The lowest BCUT2D eigenvalue weighted by Crippen LogP contribution is -2.69. The third kappa shape index (κ3) is 2.87. The molecule has 0 saturated heterocycles. The first-order valence-electron chi connectivity index (χ1n) is 12.2. The Labute approximate surface area is 168 Å². The van der Waals surface area contributed by atoms with Crippen LogP contribution >= 0.6 is 0 Å². The van der Waals surface area contributed by atoms with E-state index in [2.05, 4.69) is 20.8 Å². The Kier molecular flexibility index (Phi) is 5.47. The molecular weight excluding hydrogens is 330 g/mol. The minimum absolute atomic E-state index is 0.116. The Morgan fingerprint density at radius 1 is 0.963 bits per heavy atom. The number of ether oxygens (including phenoxy) is 1. The Balaban J connectivity index is 1.60. The van der Waals surface area contributed by atoms with Crippen molar-refractivity contribution >= 4 is 0 Å². The molecule has 4 saturated carbocycles. The molecule has 4 aliphatic carbocycles. The highest BCUT2D eigenvalue weighted by Crippen LogP contribution is 2.69. The highest BCUT2D eigenvalue weighted by molar-refractivity contribution is 5.17. The van der Waals surface area contributed by atoms with E-state index in [1.807, 2.05) is 7.11 Å². The van der Waals surface area contributed by atoms with Crippen LogP contribution in [0.4, 0.5) is 0 Å². The summed E-state index contributed by atoms with van der Waals surface area (Å²) >= 11 is 0. The first-order valence-corrected chi connectivity index (χ1v) is 12.2. The van der Waals surface area contributed by atoms with Crippen molar-refractivity contribution in [3.05, 3.63) is 0 Å². The highest BCUT2D eigenvalue weighted by Gasteiger charge is 2.65. The topological polar surface area (TPSA) is 35.2 Å². The van der Waals surface area contributed by atoms with Gasteiger partial charge in [-0.2, -0.15) is 0 Å². The fourth-order valence-electron chi connectivity index (χ4n) is 9.16. The van der Waals surface area contributed by atoms with Crippen molar-refractivity contribution < 1.29 is 4.74 Å². The van der Waals surface area contributed by atoms with Crippen LogP contribution in [-0.4, -0.2) is 19.3 Å². The first-order chi connectivity index (χ1) is 12.9. The fraction of sp³-hybridized carbons (Fsp3) is 1.00. The molecule has 4 aliphatic rings. The maximum absolute atomic E-state index is 7.32. The average molecular weight is 376 g/mol. The number of hydrogen-bond donors (Lipinski definition) is 1. The van der Waals surface area contributed by atoms with Gasteiger partial charge in [0, 0.05) is 19.3 Å². The number of rotatable bonds is 5. The van der Waals surface area contributed by atoms with Gasteiger partial charge in [-0.3, -0.25) is 0 Å². The lowest BCUT2D eigenvalue weighted by Gasteiger charge is -2.67. The molecule has 0 radical (unpaired) electrons. The van der Waals surface area contributed by atoms with Crippen LogP contribution in [0, 0.1) is 40.4 Å². The molecule has 0 aliphatic heterocycles. The van der Waals surface area contributed by atoms with Gasteiger partial charge < -0.3 is 10.5 Å². The number of nitrogens with two attached hydrogens (primary N) is 1. The van der Waals surface area contributed by atoms with Gasteiger partial charge in [-0.1, -0.05) is 40.0 Å². The van der Waals surface area contributed by atoms with Gasteiger partial charge in [0.1, 0.15) is 0 Å². The molecule has 8 atom stereocenters. The molecule has 2 nitrogen and oxygen atoms in total. The summed E-state index contributed by atoms with van der Waals surface area (Å²) in [4.78, 5) is 0. The molecule has 0 aromatic carbocycles. The van der Waals surface area contributed by atoms with Crippen LogP contribution in [0.1, 0.15) is 97.8 Å². The number of fused-ring (bicyclic) bond motifs is 5. The molecule has 0 spiro atoms. The van der Waals surface area contributed by atoms with Gasteiger partial charge >= 0.3 is 0 Å². The van der Waals surface area contributed by atoms with Gasteiger partial charge in [0.25, 0.3) is 0 Å². The molecule has 0 aromatic heterocycles. The van der Waals surface area contributed by atoms with Crippen LogP contribution in [0.3, 0.4) is 0 Å². The predicted molar refractivity (Wildman–Crippen MR) is 114 cm³/mol. The minimum atomic E-state index is 0.116. The van der Waals surface area contributed by atoms with Crippen molar-refractivity contribution in [2.45, 2.75) is 103 Å². The molecule has 0 bridgehead atoms. The van der Waals surface area contributed by atoms with E-state index in [1.54, 1.807) is 0 Å². The molecular formula is C25H45NO. The van der Waals surface area contributed by atoms with Crippen molar-refractivity contribution in [1.29, 1.82) is 0 Å². The van der Waals surface area contributed by atoms with Gasteiger partial charge in [0.2, 0.25) is 0 Å². The summed E-state index contributed by atoms with van der Waals surface area (Å²) < 4.78 is 5.35. The van der Waals surface area contributed by atoms with E-state index in [0.29, 0.717) is 10.8 Å². The van der Waals surface area contributed by atoms with Crippen LogP contribution in [0.25, 0.3) is 0 Å². The van der Waals surface area contributed by atoms with Crippen LogP contribution in [0.5, 0.6) is 0 Å². The van der Waals surface area contributed by atoms with Gasteiger partial charge in [-0.05, 0) is 98.2 Å². The Morgan fingerprint density at radius 2 is 1.74 bits per heavy atom. The summed E-state index contributed by atoms with van der Waals surface area (Å²) in [5.74, 6) is 4.48. The predicted octanol–water partition coefficient (Wildman–Crippen LogP) is 6.18. The van der Waals surface area contributed by atoms with Crippen LogP contribution in [-0.2, 0) is 4.74 Å². The molecule has 2 heteroatoms. The van der Waals surface area contributed by atoms with E-state index in [1.165, 1.54) is 77.0 Å². The average Bonchev–Trinajstić information content (AvgIpc) is 2.99. The Morgan fingerprint density at radius 3 is 2.48 bits per heavy atom. The molecule has 156 valence electrons. The van der Waals surface area contributed by atoms with Crippen molar-refractivity contribution in [3.8, 4) is 0 Å². The second-order valence-electron chi connectivity index (χ2n) is 11.3. The summed E-state index contributed by atoms with van der Waals surface area (Å²) in [6.07, 6.45) is 16.7. The van der Waals surface area contributed by atoms with Crippen LogP contribution in [0.15, 0.2) is 0 Å². The lowest BCUT2D eigenvalue weighted by atomic mass is 9.40. The number of methoxy groups -OCH3 is 1. The summed E-state index contributed by atoms with van der Waals surface area (Å²) in [5, 5.41) is 0. The monoisotopic (exact) mass is 375 g/mol. The van der Waals surface area contributed by atoms with E-state index in [4.69, 9.17) is 10.5 Å². The molecule has 2 N–H and O–H groups in total. The Bertz CT molecular complexity index is 534. The van der Waals surface area contributed by atoms with Crippen molar-refractivity contribution in [2.24, 2.45) is 46.2 Å². The van der Waals surface area contributed by atoms with E-state index < -0.39 is 0 Å². The van der Waals surface area contributed by atoms with E-state index in [-0.39, 0.29) is 5.54 Å². The smallest absolute Gasteiger partial charge is 0.0462 e. The van der Waals surface area contributed by atoms with Crippen LogP contribution in [0.2, 0.25) is 0 Å². The minimum Gasteiger partial charge on any atom is -0.385 e. The fourth-order valence-corrected chi connectivity index (χ4v) is 9.16. The Hall–Kier alpha value is -0.0800. The SMILES string of the molecule is CC[C@H]1CC2C3CCC(CCCOC)C3(C)CC[C@@H]2C2(C)CCCCC12N. The van der Waals surface area contributed by atoms with E-state index in [0.717, 1.165) is 36.2 Å². The van der Waals surface area contributed by atoms with Gasteiger partial charge in [-0.15, -0.1) is 0 Å². The summed E-state index contributed by atoms with van der Waals surface area (Å²) in [6, 6.07) is 0. The van der Waals surface area contributed by atoms with Gasteiger partial charge in [-0.25, -0.2) is 0 Å². The standard InChI is InChI=1S/C25H45NO/c1-5-18-17-20-21-11-10-19(9-8-16-27-4)23(21,2)15-12-22(20)24(3)13-6-7-14-25(18,24)26/h18-22H,5-17,26H2,1-4H3/t18-,19?,20?,21?,22-,23?,24?,25?/m0/s1. The second kappa shape index (κ2) is 7.31. The first kappa shape index (κ1) is 20.2. The highest BCUT2D eigenvalue weighted by atomic mass is 16.5. The third-order valence-corrected chi connectivity index (χ3v) is 10.7. The van der Waals surface area contributed by atoms with Crippen LogP contribution < -0.4 is 5.73 Å². The molecule has 4 fully saturated rings. The van der Waals surface area contributed by atoms with E-state index >= 15 is 0 Å². The summed E-state index contributed by atoms with van der Waals surface area (Å²) in [7, 11) is 1.85. The maximum Gasteiger partial charge on any atom is 0.0462 e. The third-order valence-electron chi connectivity index (χ3n) is 10.7. The lowest BCUT2D eigenvalue weighted by molar-refractivity contribution is -0.148. The number of hydrogen-bond acceptors (Lipinski definition) is 2. The molecule has 4 rings (SSSR count). The zero-order valence-corrected chi connectivity index (χ0v) is 18.6.